The highest BCUT2D eigenvalue weighted by molar-refractivity contribution is 7.92. The minimum atomic E-state index is -3.28. The van der Waals surface area contributed by atoms with Crippen molar-refractivity contribution in [2.24, 2.45) is 0 Å². The van der Waals surface area contributed by atoms with Gasteiger partial charge >= 0.3 is 0 Å². The molecule has 3 rings (SSSR count). The largest absolute Gasteiger partial charge is 0.349 e. The molecule has 2 fully saturated rings. The Morgan fingerprint density at radius 2 is 1.73 bits per heavy atom. The van der Waals surface area contributed by atoms with Gasteiger partial charge in [0.05, 0.1) is 11.4 Å². The number of rotatable bonds is 3. The molecule has 0 spiro atoms. The molecule has 0 unspecified atom stereocenters. The van der Waals surface area contributed by atoms with Crippen molar-refractivity contribution >= 4 is 21.6 Å². The van der Waals surface area contributed by atoms with E-state index in [4.69, 9.17) is 0 Å². The molecule has 1 amide bonds. The quantitative estimate of drug-likeness (QED) is 0.871. The second-order valence-electron chi connectivity index (χ2n) is 7.61. The van der Waals surface area contributed by atoms with Gasteiger partial charge in [0, 0.05) is 18.2 Å². The summed E-state index contributed by atoms with van der Waals surface area (Å²) in [5.74, 6) is 0.0940. The third-order valence-corrected chi connectivity index (χ3v) is 7.39. The number of nitrogens with one attached hydrogen (secondary N) is 1. The topological polar surface area (TPSA) is 66.5 Å². The zero-order valence-electron chi connectivity index (χ0n) is 15.7. The van der Waals surface area contributed by atoms with E-state index >= 15 is 0 Å². The number of aryl methyl sites for hydroxylation is 1. The number of hydrogen-bond donors (Lipinski definition) is 1. The maximum absolute atomic E-state index is 12.7. The van der Waals surface area contributed by atoms with Gasteiger partial charge in [-0.05, 0) is 50.3 Å². The van der Waals surface area contributed by atoms with Crippen LogP contribution in [0, 0.1) is 6.92 Å². The molecule has 1 aliphatic carbocycles. The summed E-state index contributed by atoms with van der Waals surface area (Å²) in [7, 11) is -3.28. The van der Waals surface area contributed by atoms with E-state index < -0.39 is 10.0 Å². The molecular weight excluding hydrogens is 348 g/mol. The van der Waals surface area contributed by atoms with Crippen LogP contribution in [0.25, 0.3) is 0 Å². The first-order valence-corrected chi connectivity index (χ1v) is 11.5. The Hall–Kier alpha value is -1.56. The molecule has 26 heavy (non-hydrogen) atoms. The first kappa shape index (κ1) is 19.2. The van der Waals surface area contributed by atoms with Crippen LogP contribution in [-0.2, 0) is 10.0 Å². The van der Waals surface area contributed by atoms with Gasteiger partial charge in [-0.25, -0.2) is 8.42 Å². The summed E-state index contributed by atoms with van der Waals surface area (Å²) in [4.78, 5) is 12.7. The Labute approximate surface area is 157 Å². The SMILES string of the molecule is Cc1ccc(C(=O)NC2CCCCCCC2)cc1N1CCCCS1(=O)=O. The van der Waals surface area contributed by atoms with Crippen LogP contribution in [0.1, 0.15) is 73.7 Å². The van der Waals surface area contributed by atoms with Crippen molar-refractivity contribution in [1.82, 2.24) is 5.32 Å². The zero-order chi connectivity index (χ0) is 18.6. The third kappa shape index (κ3) is 4.58. The average molecular weight is 379 g/mol. The molecule has 1 heterocycles. The van der Waals surface area contributed by atoms with Crippen LogP contribution in [0.5, 0.6) is 0 Å². The van der Waals surface area contributed by atoms with E-state index in [1.165, 1.54) is 23.6 Å². The molecule has 2 aliphatic rings. The second-order valence-corrected chi connectivity index (χ2v) is 9.62. The first-order valence-electron chi connectivity index (χ1n) is 9.89. The van der Waals surface area contributed by atoms with Gasteiger partial charge in [0.15, 0.2) is 0 Å². The number of carbonyl (C=O) groups is 1. The van der Waals surface area contributed by atoms with Crippen LogP contribution in [0.3, 0.4) is 0 Å². The van der Waals surface area contributed by atoms with E-state index in [1.54, 1.807) is 12.1 Å². The van der Waals surface area contributed by atoms with Gasteiger partial charge in [-0.1, -0.05) is 38.2 Å². The predicted octanol–water partition coefficient (Wildman–Crippen LogP) is 3.77. The second kappa shape index (κ2) is 8.42. The third-order valence-electron chi connectivity index (χ3n) is 5.53. The lowest BCUT2D eigenvalue weighted by Gasteiger charge is -2.30. The number of anilines is 1. The molecule has 1 aliphatic heterocycles. The monoisotopic (exact) mass is 378 g/mol. The first-order chi connectivity index (χ1) is 12.5. The van der Waals surface area contributed by atoms with E-state index in [0.717, 1.165) is 37.7 Å². The molecule has 1 aromatic carbocycles. The molecule has 1 N–H and O–H groups in total. The molecular formula is C20H30N2O3S. The molecule has 144 valence electrons. The van der Waals surface area contributed by atoms with E-state index in [-0.39, 0.29) is 17.7 Å². The normalized spacial score (nSPS) is 21.7. The van der Waals surface area contributed by atoms with E-state index in [1.807, 2.05) is 13.0 Å². The van der Waals surface area contributed by atoms with E-state index in [9.17, 15) is 13.2 Å². The Morgan fingerprint density at radius 3 is 2.42 bits per heavy atom. The number of carbonyl (C=O) groups excluding carboxylic acids is 1. The minimum Gasteiger partial charge on any atom is -0.349 e. The lowest BCUT2D eigenvalue weighted by atomic mass is 9.96. The Balaban J connectivity index is 1.77. The molecule has 0 radical (unpaired) electrons. The summed E-state index contributed by atoms with van der Waals surface area (Å²) < 4.78 is 26.3. The van der Waals surface area contributed by atoms with Crippen molar-refractivity contribution in [3.05, 3.63) is 29.3 Å². The smallest absolute Gasteiger partial charge is 0.251 e. The fourth-order valence-corrected chi connectivity index (χ4v) is 5.64. The molecule has 0 atom stereocenters. The highest BCUT2D eigenvalue weighted by Crippen LogP contribution is 2.28. The lowest BCUT2D eigenvalue weighted by molar-refractivity contribution is 0.0930. The molecule has 1 aromatic rings. The summed E-state index contributed by atoms with van der Waals surface area (Å²) in [5, 5.41) is 3.17. The standard InChI is InChI=1S/C20H30N2O3S/c1-16-11-12-17(15-19(16)22-13-7-8-14-26(22,24)25)20(23)21-18-9-5-3-2-4-6-10-18/h11-12,15,18H,2-10,13-14H2,1H3,(H,21,23). The maximum atomic E-state index is 12.7. The van der Waals surface area contributed by atoms with E-state index in [0.29, 0.717) is 24.2 Å². The van der Waals surface area contributed by atoms with Gasteiger partial charge in [-0.3, -0.25) is 9.10 Å². The number of amides is 1. The predicted molar refractivity (Wildman–Crippen MR) is 105 cm³/mol. The molecule has 1 saturated carbocycles. The van der Waals surface area contributed by atoms with Gasteiger partial charge in [-0.15, -0.1) is 0 Å². The Kier molecular flexibility index (Phi) is 6.22. The number of hydrogen-bond acceptors (Lipinski definition) is 3. The molecule has 0 aromatic heterocycles. The van der Waals surface area contributed by atoms with E-state index in [2.05, 4.69) is 5.32 Å². The molecule has 5 nitrogen and oxygen atoms in total. The highest BCUT2D eigenvalue weighted by Gasteiger charge is 2.27. The van der Waals surface area contributed by atoms with Crippen LogP contribution < -0.4 is 9.62 Å². The van der Waals surface area contributed by atoms with Crippen LogP contribution in [-0.4, -0.2) is 32.7 Å². The summed E-state index contributed by atoms with van der Waals surface area (Å²) in [6, 6.07) is 5.63. The van der Waals surface area contributed by atoms with Gasteiger partial charge in [0.1, 0.15) is 0 Å². The van der Waals surface area contributed by atoms with Crippen molar-refractivity contribution in [2.75, 3.05) is 16.6 Å². The lowest BCUT2D eigenvalue weighted by Crippen LogP contribution is -2.39. The van der Waals surface area contributed by atoms with Crippen molar-refractivity contribution in [2.45, 2.75) is 70.8 Å². The van der Waals surface area contributed by atoms with Crippen molar-refractivity contribution in [3.8, 4) is 0 Å². The summed E-state index contributed by atoms with van der Waals surface area (Å²) in [6.07, 6.45) is 9.74. The van der Waals surface area contributed by atoms with Crippen LogP contribution in [0.2, 0.25) is 0 Å². The number of nitrogens with zero attached hydrogens (tertiary/aromatic N) is 1. The molecule has 0 bridgehead atoms. The Morgan fingerprint density at radius 1 is 1.04 bits per heavy atom. The van der Waals surface area contributed by atoms with Gasteiger partial charge in [0.25, 0.3) is 5.91 Å². The molecule has 6 heteroatoms. The van der Waals surface area contributed by atoms with Gasteiger partial charge in [-0.2, -0.15) is 0 Å². The fraction of sp³-hybridized carbons (Fsp3) is 0.650. The number of benzene rings is 1. The Bertz CT molecular complexity index is 737. The van der Waals surface area contributed by atoms with Gasteiger partial charge < -0.3 is 5.32 Å². The van der Waals surface area contributed by atoms with Crippen LogP contribution in [0.15, 0.2) is 18.2 Å². The highest BCUT2D eigenvalue weighted by atomic mass is 32.2. The zero-order valence-corrected chi connectivity index (χ0v) is 16.5. The molecule has 1 saturated heterocycles. The van der Waals surface area contributed by atoms with Crippen LogP contribution >= 0.6 is 0 Å². The van der Waals surface area contributed by atoms with Gasteiger partial charge in [0.2, 0.25) is 10.0 Å². The summed E-state index contributed by atoms with van der Waals surface area (Å²) in [5.41, 5.74) is 2.08. The fourth-order valence-electron chi connectivity index (χ4n) is 3.95. The van der Waals surface area contributed by atoms with Crippen LogP contribution in [0.4, 0.5) is 5.69 Å². The van der Waals surface area contributed by atoms with Crippen molar-refractivity contribution in [3.63, 3.8) is 0 Å². The summed E-state index contributed by atoms with van der Waals surface area (Å²) in [6.45, 7) is 2.40. The summed E-state index contributed by atoms with van der Waals surface area (Å²) >= 11 is 0. The van der Waals surface area contributed by atoms with Crippen molar-refractivity contribution in [1.29, 1.82) is 0 Å². The number of sulfonamides is 1. The van der Waals surface area contributed by atoms with Crippen molar-refractivity contribution < 1.29 is 13.2 Å². The average Bonchev–Trinajstić information content (AvgIpc) is 2.57. The maximum Gasteiger partial charge on any atom is 0.251 e. The minimum absolute atomic E-state index is 0.0915.